The van der Waals surface area contributed by atoms with Gasteiger partial charge < -0.3 is 23.3 Å². The Labute approximate surface area is 124 Å². The first kappa shape index (κ1) is 19.1. The molecule has 0 atom stereocenters. The molecule has 0 aliphatic carbocycles. The standard InChI is InChI=1S/C11H21NO6SSi/c1-9(2)10(13)18-7-6-12-11(14)19-8-20(15-3,16-4)17-5/h1,6-8H2,2-5H3,(H,12,14). The molecule has 0 rings (SSSR count). The van der Waals surface area contributed by atoms with Crippen LogP contribution in [0.2, 0.25) is 0 Å². The highest BCUT2D eigenvalue weighted by Crippen LogP contribution is 2.14. The average Bonchev–Trinajstić information content (AvgIpc) is 2.45. The number of nitrogens with one attached hydrogen (secondary N) is 1. The fourth-order valence-electron chi connectivity index (χ4n) is 1.05. The van der Waals surface area contributed by atoms with Crippen LogP contribution >= 0.6 is 11.8 Å². The van der Waals surface area contributed by atoms with Crippen LogP contribution in [0.15, 0.2) is 12.2 Å². The summed E-state index contributed by atoms with van der Waals surface area (Å²) in [6, 6.07) is 0. The van der Waals surface area contributed by atoms with Gasteiger partial charge in [0.05, 0.1) is 11.9 Å². The number of hydrogen-bond donors (Lipinski definition) is 1. The summed E-state index contributed by atoms with van der Waals surface area (Å²) in [5.41, 5.74) is 0.321. The molecule has 9 heteroatoms. The van der Waals surface area contributed by atoms with E-state index in [-0.39, 0.29) is 18.4 Å². The molecule has 0 aromatic rings. The van der Waals surface area contributed by atoms with Gasteiger partial charge in [-0.25, -0.2) is 4.79 Å². The molecule has 0 bridgehead atoms. The van der Waals surface area contributed by atoms with Crippen LogP contribution in [-0.4, -0.2) is 59.9 Å². The van der Waals surface area contributed by atoms with Crippen molar-refractivity contribution in [2.75, 3.05) is 39.9 Å². The number of esters is 1. The Hall–Kier alpha value is -0.873. The maximum Gasteiger partial charge on any atom is 0.511 e. The molecule has 20 heavy (non-hydrogen) atoms. The van der Waals surface area contributed by atoms with Gasteiger partial charge in [0.2, 0.25) is 0 Å². The molecule has 0 unspecified atom stereocenters. The second-order valence-electron chi connectivity index (χ2n) is 3.71. The largest absolute Gasteiger partial charge is 0.511 e. The van der Waals surface area contributed by atoms with Gasteiger partial charge >= 0.3 is 14.8 Å². The zero-order valence-corrected chi connectivity index (χ0v) is 14.0. The van der Waals surface area contributed by atoms with Gasteiger partial charge in [-0.1, -0.05) is 18.3 Å². The van der Waals surface area contributed by atoms with E-state index in [2.05, 4.69) is 11.9 Å². The Balaban J connectivity index is 3.90. The fraction of sp³-hybridized carbons (Fsp3) is 0.636. The van der Waals surface area contributed by atoms with Gasteiger partial charge in [0.15, 0.2) is 0 Å². The van der Waals surface area contributed by atoms with E-state index in [9.17, 15) is 9.59 Å². The van der Waals surface area contributed by atoms with E-state index < -0.39 is 14.8 Å². The third-order valence-corrected chi connectivity index (χ3v) is 6.53. The number of amides is 1. The monoisotopic (exact) mass is 323 g/mol. The van der Waals surface area contributed by atoms with Gasteiger partial charge in [-0.05, 0) is 6.92 Å². The Kier molecular flexibility index (Phi) is 9.51. The molecule has 0 aliphatic rings. The van der Waals surface area contributed by atoms with Gasteiger partial charge in [0.1, 0.15) is 6.61 Å². The van der Waals surface area contributed by atoms with Crippen molar-refractivity contribution in [2.45, 2.75) is 6.92 Å². The molecule has 0 heterocycles. The quantitative estimate of drug-likeness (QED) is 0.293. The summed E-state index contributed by atoms with van der Waals surface area (Å²) < 4.78 is 20.4. The molecule has 116 valence electrons. The molecule has 7 nitrogen and oxygen atoms in total. The summed E-state index contributed by atoms with van der Waals surface area (Å²) in [4.78, 5) is 22.6. The fourth-order valence-corrected chi connectivity index (χ4v) is 4.40. The van der Waals surface area contributed by atoms with Crippen molar-refractivity contribution in [1.29, 1.82) is 0 Å². The molecule has 0 aromatic carbocycles. The SMILES string of the molecule is C=C(C)C(=O)OCCNC(=O)SC[Si](OC)(OC)OC. The third kappa shape index (κ3) is 7.06. The summed E-state index contributed by atoms with van der Waals surface area (Å²) in [5, 5.41) is 2.63. The summed E-state index contributed by atoms with van der Waals surface area (Å²) >= 11 is 1.00. The van der Waals surface area contributed by atoms with Gasteiger partial charge in [-0.3, -0.25) is 4.79 Å². The summed E-state index contributed by atoms with van der Waals surface area (Å²) in [6.07, 6.45) is 0. The van der Waals surface area contributed by atoms with Gasteiger partial charge in [-0.15, -0.1) is 0 Å². The summed E-state index contributed by atoms with van der Waals surface area (Å²) in [5.74, 6) is -0.475. The van der Waals surface area contributed by atoms with E-state index >= 15 is 0 Å². The topological polar surface area (TPSA) is 83.1 Å². The average molecular weight is 323 g/mol. The van der Waals surface area contributed by atoms with E-state index in [1.54, 1.807) is 6.92 Å². The molecule has 0 radical (unpaired) electrons. The van der Waals surface area contributed by atoms with Crippen LogP contribution in [0.25, 0.3) is 0 Å². The molecular formula is C11H21NO6SSi. The number of hydrogen-bond acceptors (Lipinski definition) is 7. The van der Waals surface area contributed by atoms with Gasteiger partial charge in [-0.2, -0.15) is 0 Å². The first-order valence-corrected chi connectivity index (χ1v) is 8.71. The van der Waals surface area contributed by atoms with Gasteiger partial charge in [0, 0.05) is 26.9 Å². The summed E-state index contributed by atoms with van der Waals surface area (Å²) in [7, 11) is 1.69. The van der Waals surface area contributed by atoms with Crippen molar-refractivity contribution in [1.82, 2.24) is 5.32 Å². The number of carbonyl (C=O) groups is 2. The Morgan fingerprint density at radius 3 is 2.20 bits per heavy atom. The Bertz CT molecular complexity index is 340. The number of ether oxygens (including phenoxy) is 1. The zero-order chi connectivity index (χ0) is 15.6. The van der Waals surface area contributed by atoms with E-state index in [0.29, 0.717) is 10.9 Å². The highest BCUT2D eigenvalue weighted by molar-refractivity contribution is 8.14. The smallest absolute Gasteiger partial charge is 0.460 e. The van der Waals surface area contributed by atoms with Crippen LogP contribution in [0.1, 0.15) is 6.92 Å². The van der Waals surface area contributed by atoms with Crippen LogP contribution in [0.4, 0.5) is 4.79 Å². The minimum atomic E-state index is -2.76. The molecule has 1 N–H and O–H groups in total. The first-order chi connectivity index (χ1) is 9.40. The normalized spacial score (nSPS) is 11.0. The Morgan fingerprint density at radius 2 is 1.75 bits per heavy atom. The van der Waals surface area contributed by atoms with Crippen molar-refractivity contribution in [2.24, 2.45) is 0 Å². The van der Waals surface area contributed by atoms with Crippen LogP contribution in [0, 0.1) is 0 Å². The van der Waals surface area contributed by atoms with E-state index in [0.717, 1.165) is 11.8 Å². The molecule has 0 saturated carbocycles. The highest BCUT2D eigenvalue weighted by atomic mass is 32.2. The van der Waals surface area contributed by atoms with E-state index in [1.165, 1.54) is 21.3 Å². The number of rotatable bonds is 9. The summed E-state index contributed by atoms with van der Waals surface area (Å²) in [6.45, 7) is 5.33. The minimum absolute atomic E-state index is 0.0966. The maximum atomic E-state index is 11.6. The second-order valence-corrected chi connectivity index (χ2v) is 8.12. The zero-order valence-electron chi connectivity index (χ0n) is 12.2. The lowest BCUT2D eigenvalue weighted by Crippen LogP contribution is -2.46. The van der Waals surface area contributed by atoms with Crippen LogP contribution in [0.5, 0.6) is 0 Å². The molecule has 1 amide bonds. The van der Waals surface area contributed by atoms with Crippen molar-refractivity contribution in [3.8, 4) is 0 Å². The van der Waals surface area contributed by atoms with E-state index in [1.807, 2.05) is 0 Å². The van der Waals surface area contributed by atoms with Crippen molar-refractivity contribution < 1.29 is 27.6 Å². The molecule has 0 fully saturated rings. The highest BCUT2D eigenvalue weighted by Gasteiger charge is 2.38. The predicted molar refractivity (Wildman–Crippen MR) is 78.4 cm³/mol. The second kappa shape index (κ2) is 9.94. The van der Waals surface area contributed by atoms with Crippen molar-refractivity contribution >= 4 is 31.8 Å². The Morgan fingerprint density at radius 1 is 1.20 bits per heavy atom. The van der Waals surface area contributed by atoms with E-state index in [4.69, 9.17) is 18.0 Å². The number of carbonyl (C=O) groups excluding carboxylic acids is 2. The molecule has 0 spiro atoms. The first-order valence-electron chi connectivity index (χ1n) is 5.79. The maximum absolute atomic E-state index is 11.6. The van der Waals surface area contributed by atoms with Crippen molar-refractivity contribution in [3.63, 3.8) is 0 Å². The van der Waals surface area contributed by atoms with Crippen LogP contribution in [0.3, 0.4) is 0 Å². The minimum Gasteiger partial charge on any atom is -0.460 e. The molecule has 0 aromatic heterocycles. The predicted octanol–water partition coefficient (Wildman–Crippen LogP) is 0.966. The number of thioether (sulfide) groups is 1. The van der Waals surface area contributed by atoms with Crippen LogP contribution in [-0.2, 0) is 22.8 Å². The molecule has 0 aliphatic heterocycles. The third-order valence-electron chi connectivity index (χ3n) is 2.27. The molecular weight excluding hydrogens is 302 g/mol. The molecule has 0 saturated heterocycles. The van der Waals surface area contributed by atoms with Gasteiger partial charge in [0.25, 0.3) is 5.24 Å². The van der Waals surface area contributed by atoms with Crippen molar-refractivity contribution in [3.05, 3.63) is 12.2 Å². The van der Waals surface area contributed by atoms with Crippen LogP contribution < -0.4 is 5.32 Å². The lowest BCUT2D eigenvalue weighted by molar-refractivity contribution is -0.138. The lowest BCUT2D eigenvalue weighted by Gasteiger charge is -2.23. The lowest BCUT2D eigenvalue weighted by atomic mass is 10.4.